The topological polar surface area (TPSA) is 125 Å². The maximum Gasteiger partial charge on any atom is 0.303 e. The highest BCUT2D eigenvalue weighted by Crippen LogP contribution is 2.32. The lowest BCUT2D eigenvalue weighted by Gasteiger charge is -2.22. The van der Waals surface area contributed by atoms with Gasteiger partial charge in [-0.2, -0.15) is 0 Å². The minimum Gasteiger partial charge on any atom is -0.481 e. The van der Waals surface area contributed by atoms with Crippen LogP contribution >= 0.6 is 0 Å². The maximum atomic E-state index is 13.2. The Kier molecular flexibility index (Phi) is 9.39. The number of hydrogen-bond donors (Lipinski definition) is 3. The van der Waals surface area contributed by atoms with Gasteiger partial charge >= 0.3 is 5.97 Å². The van der Waals surface area contributed by atoms with Crippen LogP contribution in [0, 0.1) is 0 Å². The van der Waals surface area contributed by atoms with Gasteiger partial charge in [-0.3, -0.25) is 14.4 Å². The van der Waals surface area contributed by atoms with E-state index in [1.54, 1.807) is 12.1 Å². The molecule has 36 heavy (non-hydrogen) atoms. The number of rotatable bonds is 11. The fourth-order valence-corrected chi connectivity index (χ4v) is 4.12. The highest BCUT2D eigenvalue weighted by atomic mass is 16.4. The number of aliphatic imine (C=N–C) groups is 1. The summed E-state index contributed by atoms with van der Waals surface area (Å²) >= 11 is 0. The van der Waals surface area contributed by atoms with Crippen LogP contribution in [0.3, 0.4) is 0 Å². The summed E-state index contributed by atoms with van der Waals surface area (Å²) in [7, 11) is 0. The number of nitrogens with one attached hydrogen (secondary N) is 1. The number of carboxylic acid groups (broad SMARTS) is 1. The molecule has 0 spiro atoms. The van der Waals surface area contributed by atoms with Crippen LogP contribution in [0.5, 0.6) is 0 Å². The van der Waals surface area contributed by atoms with Crippen molar-refractivity contribution >= 4 is 35.4 Å². The second kappa shape index (κ2) is 12.7. The quantitative estimate of drug-likeness (QED) is 0.403. The van der Waals surface area contributed by atoms with Crippen LogP contribution in [-0.4, -0.2) is 53.3 Å². The van der Waals surface area contributed by atoms with Crippen LogP contribution in [0.2, 0.25) is 0 Å². The minimum atomic E-state index is -0.881. The van der Waals surface area contributed by atoms with Crippen molar-refractivity contribution in [3.05, 3.63) is 59.2 Å². The van der Waals surface area contributed by atoms with E-state index < -0.39 is 5.97 Å². The van der Waals surface area contributed by atoms with E-state index in [2.05, 4.69) is 24.2 Å². The summed E-state index contributed by atoms with van der Waals surface area (Å²) in [5, 5.41) is 11.4. The molecular weight excluding hydrogens is 456 g/mol. The predicted molar refractivity (Wildman–Crippen MR) is 142 cm³/mol. The molecule has 2 amide bonds. The van der Waals surface area contributed by atoms with Crippen molar-refractivity contribution in [2.24, 2.45) is 10.7 Å². The van der Waals surface area contributed by atoms with E-state index in [1.165, 1.54) is 0 Å². The molecule has 3 rings (SSSR count). The van der Waals surface area contributed by atoms with Gasteiger partial charge < -0.3 is 21.1 Å². The largest absolute Gasteiger partial charge is 0.481 e. The Morgan fingerprint density at radius 3 is 2.33 bits per heavy atom. The molecule has 0 atom stereocenters. The Hall–Kier alpha value is -3.94. The van der Waals surface area contributed by atoms with Gasteiger partial charge in [0.25, 0.3) is 5.91 Å². The molecule has 0 radical (unpaired) electrons. The zero-order valence-corrected chi connectivity index (χ0v) is 20.9. The number of nitrogens with two attached hydrogens (primary N) is 1. The molecule has 1 aliphatic rings. The van der Waals surface area contributed by atoms with E-state index in [9.17, 15) is 14.4 Å². The third-order valence-electron chi connectivity index (χ3n) is 5.88. The van der Waals surface area contributed by atoms with Crippen molar-refractivity contribution in [3.8, 4) is 11.1 Å². The molecule has 0 fully saturated rings. The Balaban J connectivity index is 1.78. The summed E-state index contributed by atoms with van der Waals surface area (Å²) in [5.74, 6) is -0.721. The molecule has 8 heteroatoms. The first-order chi connectivity index (χ1) is 17.3. The zero-order valence-electron chi connectivity index (χ0n) is 20.9. The molecule has 2 aromatic rings. The number of nitrogens with zero attached hydrogens (tertiary/aromatic N) is 2. The number of fused-ring (bicyclic) bond motifs is 1. The summed E-state index contributed by atoms with van der Waals surface area (Å²) in [6, 6.07) is 13.0. The average molecular weight is 491 g/mol. The van der Waals surface area contributed by atoms with E-state index in [1.807, 2.05) is 41.3 Å². The molecule has 1 heterocycles. The lowest BCUT2D eigenvalue weighted by Crippen LogP contribution is -2.34. The third kappa shape index (κ3) is 7.04. The normalized spacial score (nSPS) is 12.6. The van der Waals surface area contributed by atoms with Crippen molar-refractivity contribution in [2.75, 3.05) is 19.6 Å². The Bertz CT molecular complexity index is 1160. The monoisotopic (exact) mass is 490 g/mol. The number of amides is 2. The van der Waals surface area contributed by atoms with Crippen molar-refractivity contribution < 1.29 is 19.5 Å². The van der Waals surface area contributed by atoms with Crippen LogP contribution < -0.4 is 11.1 Å². The van der Waals surface area contributed by atoms with E-state index in [4.69, 9.17) is 10.8 Å². The summed E-state index contributed by atoms with van der Waals surface area (Å²) in [4.78, 5) is 42.5. The van der Waals surface area contributed by atoms with Gasteiger partial charge in [0.2, 0.25) is 5.91 Å². The smallest absolute Gasteiger partial charge is 0.303 e. The zero-order chi connectivity index (χ0) is 26.1. The Morgan fingerprint density at radius 2 is 1.69 bits per heavy atom. The van der Waals surface area contributed by atoms with Crippen molar-refractivity contribution in [3.63, 3.8) is 0 Å². The van der Waals surface area contributed by atoms with Gasteiger partial charge in [-0.25, -0.2) is 4.99 Å². The molecule has 0 aromatic heterocycles. The fourth-order valence-electron chi connectivity index (χ4n) is 4.12. The number of carbonyl (C=O) groups is 3. The van der Waals surface area contributed by atoms with Crippen molar-refractivity contribution in [1.29, 1.82) is 0 Å². The molecule has 0 unspecified atom stereocenters. The summed E-state index contributed by atoms with van der Waals surface area (Å²) < 4.78 is 0. The maximum absolute atomic E-state index is 13.2. The fraction of sp³-hybridized carbons (Fsp3) is 0.357. The number of aliphatic carboxylic acids is 1. The summed E-state index contributed by atoms with van der Waals surface area (Å²) in [6.45, 7) is 5.85. The Labute approximate surface area is 211 Å². The average Bonchev–Trinajstić information content (AvgIpc) is 3.03. The second-order valence-corrected chi connectivity index (χ2v) is 8.85. The van der Waals surface area contributed by atoms with Crippen LogP contribution in [0.15, 0.2) is 53.0 Å². The molecule has 0 aliphatic carbocycles. The first kappa shape index (κ1) is 26.7. The summed E-state index contributed by atoms with van der Waals surface area (Å²) in [5.41, 5.74) is 10.7. The second-order valence-electron chi connectivity index (χ2n) is 8.85. The molecule has 0 saturated carbocycles. The molecule has 8 nitrogen and oxygen atoms in total. The molecule has 4 N–H and O–H groups in total. The van der Waals surface area contributed by atoms with E-state index in [0.29, 0.717) is 55.1 Å². The lowest BCUT2D eigenvalue weighted by molar-refractivity contribution is -0.137. The molecule has 0 saturated heterocycles. The van der Waals surface area contributed by atoms with E-state index >= 15 is 0 Å². The van der Waals surface area contributed by atoms with Gasteiger partial charge in [-0.05, 0) is 54.7 Å². The highest BCUT2D eigenvalue weighted by Gasteiger charge is 2.21. The molecule has 0 bridgehead atoms. The standard InChI is InChI=1S/C28H34N4O4/c1-3-14-32(15-4-2)28(36)23-16-22-12-11-21(17-24(22)31-25(29)18-23)19-7-9-20(10-8-19)27(35)30-13-5-6-26(33)34/h7-12,16-17H,3-6,13-15,18H2,1-2H3,(H2,29,31)(H,30,35)(H,33,34). The van der Waals surface area contributed by atoms with E-state index in [0.717, 1.165) is 29.5 Å². The predicted octanol–water partition coefficient (Wildman–Crippen LogP) is 4.37. The van der Waals surface area contributed by atoms with E-state index in [-0.39, 0.29) is 18.2 Å². The number of hydrogen-bond acceptors (Lipinski definition) is 5. The van der Waals surface area contributed by atoms with Gasteiger partial charge in [0.05, 0.1) is 5.69 Å². The van der Waals surface area contributed by atoms with Gasteiger partial charge in [0, 0.05) is 49.2 Å². The SMILES string of the molecule is CCCN(CCC)C(=O)C1=Cc2ccc(-c3ccc(C(=O)NCCCC(=O)O)cc3)cc2N=C(N)C1. The van der Waals surface area contributed by atoms with Gasteiger partial charge in [-0.1, -0.05) is 38.1 Å². The van der Waals surface area contributed by atoms with Crippen LogP contribution in [0.25, 0.3) is 17.2 Å². The molecular formula is C28H34N4O4. The van der Waals surface area contributed by atoms with Crippen LogP contribution in [0.1, 0.15) is 61.9 Å². The first-order valence-electron chi connectivity index (χ1n) is 12.4. The number of carboxylic acids is 1. The summed E-state index contributed by atoms with van der Waals surface area (Å²) in [6.07, 6.45) is 4.39. The molecule has 190 valence electrons. The number of amidine groups is 1. The van der Waals surface area contributed by atoms with Gasteiger partial charge in [0.1, 0.15) is 5.84 Å². The number of carbonyl (C=O) groups excluding carboxylic acids is 2. The van der Waals surface area contributed by atoms with Gasteiger partial charge in [-0.15, -0.1) is 0 Å². The molecule has 2 aromatic carbocycles. The van der Waals surface area contributed by atoms with Crippen molar-refractivity contribution in [2.45, 2.75) is 46.0 Å². The third-order valence-corrected chi connectivity index (χ3v) is 5.88. The van der Waals surface area contributed by atoms with Crippen molar-refractivity contribution in [1.82, 2.24) is 10.2 Å². The number of benzene rings is 2. The minimum absolute atomic E-state index is 0.00519. The van der Waals surface area contributed by atoms with Crippen LogP contribution in [0.4, 0.5) is 5.69 Å². The highest BCUT2D eigenvalue weighted by molar-refractivity contribution is 6.05. The van der Waals surface area contributed by atoms with Crippen LogP contribution in [-0.2, 0) is 9.59 Å². The molecule has 1 aliphatic heterocycles. The van der Waals surface area contributed by atoms with Gasteiger partial charge in [0.15, 0.2) is 0 Å². The lowest BCUT2D eigenvalue weighted by atomic mass is 9.99. The Morgan fingerprint density at radius 1 is 1.03 bits per heavy atom. The first-order valence-corrected chi connectivity index (χ1v) is 12.4.